The van der Waals surface area contributed by atoms with E-state index in [0.29, 0.717) is 5.92 Å². The van der Waals surface area contributed by atoms with Crippen LogP contribution < -0.4 is 9.62 Å². The molecular weight excluding hydrogens is 364 g/mol. The van der Waals surface area contributed by atoms with Gasteiger partial charge in [-0.3, -0.25) is 4.72 Å². The van der Waals surface area contributed by atoms with Crippen molar-refractivity contribution >= 4 is 27.4 Å². The van der Waals surface area contributed by atoms with Gasteiger partial charge in [0.05, 0.1) is 16.1 Å². The van der Waals surface area contributed by atoms with Crippen LogP contribution in [0.4, 0.5) is 11.4 Å². The van der Waals surface area contributed by atoms with E-state index in [4.69, 9.17) is 0 Å². The van der Waals surface area contributed by atoms with Gasteiger partial charge in [0.2, 0.25) is 0 Å². The molecule has 6 nitrogen and oxygen atoms in total. The molecule has 0 aromatic heterocycles. The molecule has 1 saturated heterocycles. The van der Waals surface area contributed by atoms with Crippen molar-refractivity contribution in [2.24, 2.45) is 0 Å². The van der Waals surface area contributed by atoms with Crippen LogP contribution in [-0.2, 0) is 10.0 Å². The summed E-state index contributed by atoms with van der Waals surface area (Å²) in [5.74, 6) is -0.865. The molecular formula is C20H24N2O4S. The highest BCUT2D eigenvalue weighted by Gasteiger charge is 2.21. The van der Waals surface area contributed by atoms with E-state index >= 15 is 0 Å². The molecule has 0 unspecified atom stereocenters. The summed E-state index contributed by atoms with van der Waals surface area (Å²) in [6.45, 7) is 5.82. The summed E-state index contributed by atoms with van der Waals surface area (Å²) in [6.07, 6.45) is 2.15. The Kier molecular flexibility index (Phi) is 5.41. The van der Waals surface area contributed by atoms with Crippen molar-refractivity contribution in [3.63, 3.8) is 0 Å². The zero-order valence-corrected chi connectivity index (χ0v) is 16.3. The van der Waals surface area contributed by atoms with Crippen molar-refractivity contribution in [3.05, 3.63) is 53.6 Å². The molecule has 0 spiro atoms. The predicted octanol–water partition coefficient (Wildman–Crippen LogP) is 3.91. The molecule has 1 heterocycles. The van der Waals surface area contributed by atoms with Gasteiger partial charge in [-0.05, 0) is 54.7 Å². The highest BCUT2D eigenvalue weighted by atomic mass is 32.2. The van der Waals surface area contributed by atoms with E-state index in [1.165, 1.54) is 24.3 Å². The number of rotatable bonds is 6. The summed E-state index contributed by atoms with van der Waals surface area (Å²) in [5, 5.41) is 9.54. The normalized spacial score (nSPS) is 14.6. The molecule has 0 saturated carbocycles. The third-order valence-electron chi connectivity index (χ3n) is 4.81. The molecule has 2 aromatic rings. The van der Waals surface area contributed by atoms with Gasteiger partial charge < -0.3 is 10.0 Å². The van der Waals surface area contributed by atoms with Gasteiger partial charge in [0.25, 0.3) is 10.0 Å². The lowest BCUT2D eigenvalue weighted by atomic mass is 10.0. The maximum absolute atomic E-state index is 12.7. The SMILES string of the molecule is CC(C)c1ccc(S(=O)(=O)Nc2ccc(N3CCCC3)cc2C(=O)O)cc1. The van der Waals surface area contributed by atoms with E-state index in [9.17, 15) is 18.3 Å². The molecule has 0 atom stereocenters. The number of nitrogens with zero attached hydrogens (tertiary/aromatic N) is 1. The lowest BCUT2D eigenvalue weighted by molar-refractivity contribution is 0.0698. The van der Waals surface area contributed by atoms with Crippen LogP contribution in [-0.4, -0.2) is 32.6 Å². The van der Waals surface area contributed by atoms with Crippen LogP contribution in [0.2, 0.25) is 0 Å². The molecule has 2 N–H and O–H groups in total. The smallest absolute Gasteiger partial charge is 0.337 e. The zero-order valence-electron chi connectivity index (χ0n) is 15.5. The van der Waals surface area contributed by atoms with E-state index in [2.05, 4.69) is 9.62 Å². The Morgan fingerprint density at radius 3 is 2.26 bits per heavy atom. The Balaban J connectivity index is 1.90. The quantitative estimate of drug-likeness (QED) is 0.783. The summed E-state index contributed by atoms with van der Waals surface area (Å²) in [7, 11) is -3.87. The first-order valence-electron chi connectivity index (χ1n) is 9.03. The molecule has 0 bridgehead atoms. The van der Waals surface area contributed by atoms with Crippen molar-refractivity contribution < 1.29 is 18.3 Å². The molecule has 0 aliphatic carbocycles. The van der Waals surface area contributed by atoms with E-state index in [1.54, 1.807) is 18.2 Å². The fraction of sp³-hybridized carbons (Fsp3) is 0.350. The van der Waals surface area contributed by atoms with Crippen LogP contribution in [0.5, 0.6) is 0 Å². The van der Waals surface area contributed by atoms with Crippen LogP contribution in [0.25, 0.3) is 0 Å². The first-order valence-corrected chi connectivity index (χ1v) is 10.5. The number of anilines is 2. The maximum atomic E-state index is 12.7. The van der Waals surface area contributed by atoms with Gasteiger partial charge >= 0.3 is 5.97 Å². The summed E-state index contributed by atoms with van der Waals surface area (Å²) >= 11 is 0. The highest BCUT2D eigenvalue weighted by Crippen LogP contribution is 2.28. The highest BCUT2D eigenvalue weighted by molar-refractivity contribution is 7.92. The van der Waals surface area contributed by atoms with Crippen molar-refractivity contribution in [2.45, 2.75) is 37.5 Å². The van der Waals surface area contributed by atoms with Crippen LogP contribution in [0, 0.1) is 0 Å². The Labute approximate surface area is 159 Å². The first kappa shape index (κ1) is 19.2. The Hall–Kier alpha value is -2.54. The number of hydrogen-bond acceptors (Lipinski definition) is 4. The molecule has 27 heavy (non-hydrogen) atoms. The van der Waals surface area contributed by atoms with E-state index < -0.39 is 16.0 Å². The second-order valence-electron chi connectivity index (χ2n) is 7.06. The van der Waals surface area contributed by atoms with E-state index in [0.717, 1.165) is 37.2 Å². The molecule has 7 heteroatoms. The fourth-order valence-electron chi connectivity index (χ4n) is 3.21. The number of sulfonamides is 1. The molecule has 1 fully saturated rings. The molecule has 1 aliphatic heterocycles. The minimum Gasteiger partial charge on any atom is -0.478 e. The standard InChI is InChI=1S/C20H24N2O4S/c1-14(2)15-5-8-17(9-6-15)27(25,26)21-19-10-7-16(13-18(19)20(23)24)22-11-3-4-12-22/h5-10,13-14,21H,3-4,11-12H2,1-2H3,(H,23,24). The molecule has 0 amide bonds. The monoisotopic (exact) mass is 388 g/mol. The average molecular weight is 388 g/mol. The van der Waals surface area contributed by atoms with Crippen LogP contribution >= 0.6 is 0 Å². The van der Waals surface area contributed by atoms with Gasteiger partial charge in [0.15, 0.2) is 0 Å². The number of carboxylic acid groups (broad SMARTS) is 1. The molecule has 0 radical (unpaired) electrons. The van der Waals surface area contributed by atoms with Crippen LogP contribution in [0.15, 0.2) is 47.4 Å². The Morgan fingerprint density at radius 1 is 1.07 bits per heavy atom. The lowest BCUT2D eigenvalue weighted by Crippen LogP contribution is -2.19. The average Bonchev–Trinajstić information content (AvgIpc) is 3.16. The first-order chi connectivity index (χ1) is 12.8. The predicted molar refractivity (Wildman–Crippen MR) is 106 cm³/mol. The van der Waals surface area contributed by atoms with Gasteiger partial charge in [-0.2, -0.15) is 0 Å². The lowest BCUT2D eigenvalue weighted by Gasteiger charge is -2.19. The zero-order chi connectivity index (χ0) is 19.6. The number of hydrogen-bond donors (Lipinski definition) is 2. The van der Waals surface area contributed by atoms with E-state index in [1.807, 2.05) is 13.8 Å². The van der Waals surface area contributed by atoms with E-state index in [-0.39, 0.29) is 16.1 Å². The van der Waals surface area contributed by atoms with Gasteiger partial charge in [0.1, 0.15) is 0 Å². The topological polar surface area (TPSA) is 86.7 Å². The van der Waals surface area contributed by atoms with Crippen molar-refractivity contribution in [2.75, 3.05) is 22.7 Å². The third kappa shape index (κ3) is 4.24. The number of carbonyl (C=O) groups is 1. The van der Waals surface area contributed by atoms with Gasteiger partial charge in [-0.15, -0.1) is 0 Å². The Bertz CT molecular complexity index is 931. The molecule has 2 aromatic carbocycles. The minimum absolute atomic E-state index is 0.0539. The Morgan fingerprint density at radius 2 is 1.70 bits per heavy atom. The number of carboxylic acids is 1. The number of benzene rings is 2. The third-order valence-corrected chi connectivity index (χ3v) is 6.19. The van der Waals surface area contributed by atoms with Gasteiger partial charge in [-0.25, -0.2) is 13.2 Å². The summed E-state index contributed by atoms with van der Waals surface area (Å²) in [5.41, 5.74) is 1.85. The largest absolute Gasteiger partial charge is 0.478 e. The second-order valence-corrected chi connectivity index (χ2v) is 8.74. The van der Waals surface area contributed by atoms with Crippen molar-refractivity contribution in [1.29, 1.82) is 0 Å². The van der Waals surface area contributed by atoms with Crippen molar-refractivity contribution in [3.8, 4) is 0 Å². The summed E-state index contributed by atoms with van der Waals surface area (Å²) in [4.78, 5) is 13.9. The second kappa shape index (κ2) is 7.60. The maximum Gasteiger partial charge on any atom is 0.337 e. The number of nitrogens with one attached hydrogen (secondary N) is 1. The summed E-state index contributed by atoms with van der Waals surface area (Å²) in [6, 6.07) is 11.4. The van der Waals surface area contributed by atoms with Gasteiger partial charge in [-0.1, -0.05) is 26.0 Å². The molecule has 1 aliphatic rings. The number of aromatic carboxylic acids is 1. The van der Waals surface area contributed by atoms with Crippen LogP contribution in [0.1, 0.15) is 48.5 Å². The van der Waals surface area contributed by atoms with Crippen LogP contribution in [0.3, 0.4) is 0 Å². The molecule has 3 rings (SSSR count). The fourth-order valence-corrected chi connectivity index (χ4v) is 4.29. The van der Waals surface area contributed by atoms with Gasteiger partial charge in [0, 0.05) is 18.8 Å². The molecule has 144 valence electrons. The minimum atomic E-state index is -3.87. The summed E-state index contributed by atoms with van der Waals surface area (Å²) < 4.78 is 27.8. The van der Waals surface area contributed by atoms with Crippen molar-refractivity contribution in [1.82, 2.24) is 0 Å².